The fourth-order valence-corrected chi connectivity index (χ4v) is 2.59. The zero-order valence-corrected chi connectivity index (χ0v) is 12.4. The molecule has 22 heavy (non-hydrogen) atoms. The third kappa shape index (κ3) is 3.28. The summed E-state index contributed by atoms with van der Waals surface area (Å²) in [6.45, 7) is 0. The summed E-state index contributed by atoms with van der Waals surface area (Å²) in [5.41, 5.74) is 0.781. The first-order valence-electron chi connectivity index (χ1n) is 7.06. The van der Waals surface area contributed by atoms with E-state index in [-0.39, 0.29) is 11.6 Å². The van der Waals surface area contributed by atoms with E-state index in [0.29, 0.717) is 17.0 Å². The minimum atomic E-state index is -0.858. The van der Waals surface area contributed by atoms with Crippen molar-refractivity contribution in [1.82, 2.24) is 5.32 Å². The molecule has 0 aliphatic heterocycles. The Hall–Kier alpha value is -1.94. The maximum absolute atomic E-state index is 13.7. The van der Waals surface area contributed by atoms with Gasteiger partial charge in [0.05, 0.1) is 11.6 Å². The Kier molecular flexibility index (Phi) is 4.12. The van der Waals surface area contributed by atoms with Crippen molar-refractivity contribution < 1.29 is 13.6 Å². The highest BCUT2D eigenvalue weighted by molar-refractivity contribution is 6.30. The second-order valence-electron chi connectivity index (χ2n) is 5.46. The van der Waals surface area contributed by atoms with Crippen molar-refractivity contribution in [1.29, 1.82) is 0 Å². The zero-order chi connectivity index (χ0) is 15.7. The van der Waals surface area contributed by atoms with Crippen LogP contribution in [-0.2, 0) is 0 Å². The predicted octanol–water partition coefficient (Wildman–Crippen LogP) is 4.50. The van der Waals surface area contributed by atoms with Crippen molar-refractivity contribution in [2.24, 2.45) is 5.92 Å². The van der Waals surface area contributed by atoms with E-state index in [1.165, 1.54) is 0 Å². The fourth-order valence-electron chi connectivity index (χ4n) is 2.47. The number of halogens is 3. The average Bonchev–Trinajstić information content (AvgIpc) is 3.30. The van der Waals surface area contributed by atoms with Crippen LogP contribution in [0, 0.1) is 17.6 Å². The third-order valence-electron chi connectivity index (χ3n) is 3.78. The fraction of sp³-hybridized carbons (Fsp3) is 0.235. The zero-order valence-electron chi connectivity index (χ0n) is 11.7. The van der Waals surface area contributed by atoms with Crippen LogP contribution in [0.25, 0.3) is 0 Å². The van der Waals surface area contributed by atoms with Crippen molar-refractivity contribution in [3.05, 3.63) is 70.2 Å². The first-order valence-corrected chi connectivity index (χ1v) is 7.44. The Bertz CT molecular complexity index is 698. The lowest BCUT2D eigenvalue weighted by atomic mass is 10.0. The molecule has 1 aliphatic carbocycles. The summed E-state index contributed by atoms with van der Waals surface area (Å²) in [7, 11) is 0. The lowest BCUT2D eigenvalue weighted by Gasteiger charge is -2.19. The maximum Gasteiger partial charge on any atom is 0.254 e. The second-order valence-corrected chi connectivity index (χ2v) is 5.90. The standard InChI is InChI=1S/C17H14ClF2NO/c18-12-5-3-11(4-6-12)16(10-1-2-10)21-17(22)14-8-7-13(19)9-15(14)20/h3-10,16H,1-2H2,(H,21,22). The highest BCUT2D eigenvalue weighted by atomic mass is 35.5. The van der Waals surface area contributed by atoms with E-state index in [1.54, 1.807) is 12.1 Å². The van der Waals surface area contributed by atoms with Gasteiger partial charge in [0.15, 0.2) is 0 Å². The van der Waals surface area contributed by atoms with E-state index in [9.17, 15) is 13.6 Å². The van der Waals surface area contributed by atoms with Crippen molar-refractivity contribution in [3.8, 4) is 0 Å². The van der Waals surface area contributed by atoms with Crippen LogP contribution in [0.3, 0.4) is 0 Å². The van der Waals surface area contributed by atoms with Gasteiger partial charge in [-0.1, -0.05) is 23.7 Å². The number of nitrogens with one attached hydrogen (secondary N) is 1. The number of carbonyl (C=O) groups excluding carboxylic acids is 1. The molecular formula is C17H14ClF2NO. The molecule has 2 aromatic carbocycles. The average molecular weight is 322 g/mol. The molecular weight excluding hydrogens is 308 g/mol. The number of amides is 1. The van der Waals surface area contributed by atoms with Gasteiger partial charge in [-0.3, -0.25) is 4.79 Å². The molecule has 1 aliphatic rings. The molecule has 1 unspecified atom stereocenters. The lowest BCUT2D eigenvalue weighted by Crippen LogP contribution is -2.30. The third-order valence-corrected chi connectivity index (χ3v) is 4.04. The Morgan fingerprint density at radius 2 is 1.82 bits per heavy atom. The molecule has 3 rings (SSSR count). The van der Waals surface area contributed by atoms with E-state index in [1.807, 2.05) is 12.1 Å². The van der Waals surface area contributed by atoms with Crippen molar-refractivity contribution in [3.63, 3.8) is 0 Å². The Balaban J connectivity index is 1.82. The van der Waals surface area contributed by atoms with Crippen molar-refractivity contribution in [2.45, 2.75) is 18.9 Å². The summed E-state index contributed by atoms with van der Waals surface area (Å²) < 4.78 is 26.6. The van der Waals surface area contributed by atoms with Gasteiger partial charge >= 0.3 is 0 Å². The van der Waals surface area contributed by atoms with Crippen LogP contribution in [0.15, 0.2) is 42.5 Å². The highest BCUT2D eigenvalue weighted by Gasteiger charge is 2.33. The van der Waals surface area contributed by atoms with Crippen molar-refractivity contribution in [2.75, 3.05) is 0 Å². The first-order chi connectivity index (χ1) is 10.5. The van der Waals surface area contributed by atoms with E-state index in [0.717, 1.165) is 30.5 Å². The Morgan fingerprint density at radius 1 is 1.14 bits per heavy atom. The molecule has 1 atom stereocenters. The van der Waals surface area contributed by atoms with Gasteiger partial charge in [-0.05, 0) is 48.6 Å². The summed E-state index contributed by atoms with van der Waals surface area (Å²) in [5, 5.41) is 3.47. The summed E-state index contributed by atoms with van der Waals surface area (Å²) >= 11 is 5.88. The van der Waals surface area contributed by atoms with E-state index >= 15 is 0 Å². The summed E-state index contributed by atoms with van der Waals surface area (Å²) in [5.74, 6) is -1.76. The minimum Gasteiger partial charge on any atom is -0.345 e. The first kappa shape index (κ1) is 15.0. The molecule has 1 N–H and O–H groups in total. The van der Waals surface area contributed by atoms with Gasteiger partial charge in [0, 0.05) is 11.1 Å². The van der Waals surface area contributed by atoms with Crippen LogP contribution in [0.2, 0.25) is 5.02 Å². The predicted molar refractivity (Wildman–Crippen MR) is 80.7 cm³/mol. The van der Waals surface area contributed by atoms with Crippen LogP contribution in [-0.4, -0.2) is 5.91 Å². The minimum absolute atomic E-state index is 0.152. The quantitative estimate of drug-likeness (QED) is 0.882. The molecule has 0 heterocycles. The van der Waals surface area contributed by atoms with Gasteiger partial charge in [-0.15, -0.1) is 0 Å². The van der Waals surface area contributed by atoms with Gasteiger partial charge in [-0.25, -0.2) is 8.78 Å². The van der Waals surface area contributed by atoms with Crippen LogP contribution in [0.4, 0.5) is 8.78 Å². The van der Waals surface area contributed by atoms with Crippen molar-refractivity contribution >= 4 is 17.5 Å². The number of carbonyl (C=O) groups is 1. The largest absolute Gasteiger partial charge is 0.345 e. The Morgan fingerprint density at radius 3 is 2.41 bits per heavy atom. The van der Waals surface area contributed by atoms with Gasteiger partial charge in [0.25, 0.3) is 5.91 Å². The summed E-state index contributed by atoms with van der Waals surface area (Å²) in [6, 6.07) is 9.99. The second kappa shape index (κ2) is 6.05. The van der Waals surface area contributed by atoms with E-state index in [4.69, 9.17) is 11.6 Å². The van der Waals surface area contributed by atoms with Crippen LogP contribution >= 0.6 is 11.6 Å². The molecule has 0 aromatic heterocycles. The summed E-state index contributed by atoms with van der Waals surface area (Å²) in [4.78, 5) is 12.3. The number of rotatable bonds is 4. The SMILES string of the molecule is O=C(NC(c1ccc(Cl)cc1)C1CC1)c1ccc(F)cc1F. The number of benzene rings is 2. The molecule has 0 bridgehead atoms. The highest BCUT2D eigenvalue weighted by Crippen LogP contribution is 2.41. The van der Waals surface area contributed by atoms with Crippen LogP contribution in [0.1, 0.15) is 34.8 Å². The maximum atomic E-state index is 13.7. The molecule has 114 valence electrons. The van der Waals surface area contributed by atoms with Gasteiger partial charge < -0.3 is 5.32 Å². The smallest absolute Gasteiger partial charge is 0.254 e. The molecule has 1 saturated carbocycles. The van der Waals surface area contributed by atoms with E-state index in [2.05, 4.69) is 5.32 Å². The lowest BCUT2D eigenvalue weighted by molar-refractivity contribution is 0.0927. The van der Waals surface area contributed by atoms with Gasteiger partial charge in [0.2, 0.25) is 0 Å². The molecule has 2 nitrogen and oxygen atoms in total. The van der Waals surface area contributed by atoms with E-state index < -0.39 is 17.5 Å². The molecule has 0 saturated heterocycles. The molecule has 1 amide bonds. The number of hydrogen-bond acceptors (Lipinski definition) is 1. The molecule has 1 fully saturated rings. The molecule has 0 radical (unpaired) electrons. The molecule has 2 aromatic rings. The molecule has 5 heteroatoms. The van der Waals surface area contributed by atoms with Gasteiger partial charge in [-0.2, -0.15) is 0 Å². The van der Waals surface area contributed by atoms with Crippen LogP contribution in [0.5, 0.6) is 0 Å². The van der Waals surface area contributed by atoms with Gasteiger partial charge in [0.1, 0.15) is 11.6 Å². The topological polar surface area (TPSA) is 29.1 Å². The Labute approximate surface area is 132 Å². The molecule has 0 spiro atoms. The monoisotopic (exact) mass is 321 g/mol. The number of hydrogen-bond donors (Lipinski definition) is 1. The normalized spacial score (nSPS) is 15.4. The summed E-state index contributed by atoms with van der Waals surface area (Å²) in [6.07, 6.45) is 2.03. The van der Waals surface area contributed by atoms with Crippen LogP contribution < -0.4 is 5.32 Å².